The minimum atomic E-state index is 0.0371. The van der Waals surface area contributed by atoms with Crippen LogP contribution in [0, 0.1) is 5.92 Å². The minimum absolute atomic E-state index is 0.0371. The molecule has 2 rings (SSSR count). The molecule has 0 heterocycles. The molecule has 1 N–H and O–H groups in total. The average molecular weight is 360 g/mol. The molecular formula is C19H23NOSe. The van der Waals surface area contributed by atoms with Crippen LogP contribution < -0.4 is 9.78 Å². The summed E-state index contributed by atoms with van der Waals surface area (Å²) in [6.45, 7) is 4.41. The number of carbonyl (C=O) groups excluding carboxylic acids is 1. The van der Waals surface area contributed by atoms with E-state index in [2.05, 4.69) is 43.4 Å². The first kappa shape index (κ1) is 16.8. The third kappa shape index (κ3) is 5.67. The summed E-state index contributed by atoms with van der Waals surface area (Å²) in [5.41, 5.74) is 0.739. The topological polar surface area (TPSA) is 29.1 Å². The molecule has 0 aliphatic heterocycles. The van der Waals surface area contributed by atoms with E-state index in [1.165, 1.54) is 4.46 Å². The van der Waals surface area contributed by atoms with Crippen molar-refractivity contribution in [2.75, 3.05) is 0 Å². The van der Waals surface area contributed by atoms with Crippen molar-refractivity contribution in [1.82, 2.24) is 5.32 Å². The van der Waals surface area contributed by atoms with E-state index in [9.17, 15) is 4.79 Å². The fourth-order valence-corrected chi connectivity index (χ4v) is 4.33. The van der Waals surface area contributed by atoms with Crippen molar-refractivity contribution in [3.8, 4) is 0 Å². The Kier molecular flexibility index (Phi) is 6.70. The van der Waals surface area contributed by atoms with Crippen LogP contribution in [-0.2, 0) is 0 Å². The molecule has 22 heavy (non-hydrogen) atoms. The Morgan fingerprint density at radius 2 is 1.59 bits per heavy atom. The first-order valence-corrected chi connectivity index (χ1v) is 9.75. The van der Waals surface area contributed by atoms with E-state index < -0.39 is 0 Å². The standard InChI is InChI=1S/C19H23NOSe/c1-15(2)13-17(14-22-18-11-7-4-8-12-18)20-19(21)16-9-5-3-6-10-16/h3-12,15,17H,13-14H2,1-2H3,(H,20,21)/t17-/m0/s1. The molecule has 0 aliphatic rings. The van der Waals surface area contributed by atoms with Gasteiger partial charge in [0.05, 0.1) is 0 Å². The van der Waals surface area contributed by atoms with E-state index in [0.717, 1.165) is 17.3 Å². The number of hydrogen-bond donors (Lipinski definition) is 1. The molecule has 2 nitrogen and oxygen atoms in total. The van der Waals surface area contributed by atoms with Crippen molar-refractivity contribution >= 4 is 25.3 Å². The zero-order valence-corrected chi connectivity index (χ0v) is 14.9. The number of rotatable bonds is 7. The third-order valence-electron chi connectivity index (χ3n) is 3.32. The van der Waals surface area contributed by atoms with Crippen molar-refractivity contribution < 1.29 is 4.79 Å². The molecule has 0 fully saturated rings. The van der Waals surface area contributed by atoms with Gasteiger partial charge in [-0.05, 0) is 0 Å². The van der Waals surface area contributed by atoms with Crippen LogP contribution in [-0.4, -0.2) is 26.9 Å². The van der Waals surface area contributed by atoms with Gasteiger partial charge in [-0.1, -0.05) is 0 Å². The van der Waals surface area contributed by atoms with Crippen LogP contribution in [0.4, 0.5) is 0 Å². The van der Waals surface area contributed by atoms with Crippen LogP contribution in [0.25, 0.3) is 0 Å². The van der Waals surface area contributed by atoms with E-state index in [4.69, 9.17) is 0 Å². The van der Waals surface area contributed by atoms with Gasteiger partial charge in [0.15, 0.2) is 0 Å². The number of benzene rings is 2. The summed E-state index contributed by atoms with van der Waals surface area (Å²) in [6, 6.07) is 20.3. The molecular weight excluding hydrogens is 337 g/mol. The molecule has 116 valence electrons. The summed E-state index contributed by atoms with van der Waals surface area (Å²) >= 11 is 0.394. The van der Waals surface area contributed by atoms with E-state index in [0.29, 0.717) is 20.9 Å². The van der Waals surface area contributed by atoms with Crippen LogP contribution in [0.3, 0.4) is 0 Å². The quantitative estimate of drug-likeness (QED) is 0.755. The average Bonchev–Trinajstić information content (AvgIpc) is 2.54. The number of nitrogens with one attached hydrogen (secondary N) is 1. The van der Waals surface area contributed by atoms with Gasteiger partial charge in [0.1, 0.15) is 0 Å². The Morgan fingerprint density at radius 3 is 2.18 bits per heavy atom. The molecule has 0 saturated heterocycles. The van der Waals surface area contributed by atoms with Crippen LogP contribution in [0.5, 0.6) is 0 Å². The number of amides is 1. The van der Waals surface area contributed by atoms with Crippen molar-refractivity contribution in [3.05, 3.63) is 66.2 Å². The maximum atomic E-state index is 12.3. The Balaban J connectivity index is 1.95. The SMILES string of the molecule is CC(C)C[C@@H](C[Se]c1ccccc1)NC(=O)c1ccccc1. The predicted octanol–water partition coefficient (Wildman–Crippen LogP) is 3.28. The van der Waals surface area contributed by atoms with E-state index in [1.807, 2.05) is 36.4 Å². The van der Waals surface area contributed by atoms with Crippen LogP contribution in [0.15, 0.2) is 60.7 Å². The van der Waals surface area contributed by atoms with Gasteiger partial charge in [-0.25, -0.2) is 0 Å². The van der Waals surface area contributed by atoms with Crippen LogP contribution >= 0.6 is 0 Å². The van der Waals surface area contributed by atoms with Crippen LogP contribution in [0.1, 0.15) is 30.6 Å². The monoisotopic (exact) mass is 361 g/mol. The molecule has 0 bridgehead atoms. The van der Waals surface area contributed by atoms with Gasteiger partial charge in [0.25, 0.3) is 0 Å². The molecule has 0 aliphatic carbocycles. The molecule has 3 heteroatoms. The van der Waals surface area contributed by atoms with Gasteiger partial charge >= 0.3 is 139 Å². The van der Waals surface area contributed by atoms with Crippen molar-refractivity contribution in [3.63, 3.8) is 0 Å². The zero-order valence-electron chi connectivity index (χ0n) is 13.2. The Morgan fingerprint density at radius 1 is 1.00 bits per heavy atom. The third-order valence-corrected chi connectivity index (χ3v) is 5.79. The molecule has 0 spiro atoms. The molecule has 0 aromatic heterocycles. The molecule has 1 amide bonds. The number of carbonyl (C=O) groups is 1. The predicted molar refractivity (Wildman–Crippen MR) is 93.8 cm³/mol. The van der Waals surface area contributed by atoms with Gasteiger partial charge in [0, 0.05) is 0 Å². The molecule has 0 saturated carbocycles. The molecule has 0 radical (unpaired) electrons. The van der Waals surface area contributed by atoms with Gasteiger partial charge in [0.2, 0.25) is 0 Å². The van der Waals surface area contributed by atoms with Gasteiger partial charge in [-0.15, -0.1) is 0 Å². The molecule has 1 atom stereocenters. The van der Waals surface area contributed by atoms with E-state index in [1.54, 1.807) is 0 Å². The summed E-state index contributed by atoms with van der Waals surface area (Å²) in [6.07, 6.45) is 1.02. The second-order valence-corrected chi connectivity index (χ2v) is 8.08. The Labute approximate surface area is 139 Å². The van der Waals surface area contributed by atoms with Crippen molar-refractivity contribution in [2.24, 2.45) is 5.92 Å². The Bertz CT molecular complexity index is 569. The van der Waals surface area contributed by atoms with Gasteiger partial charge in [-0.3, -0.25) is 0 Å². The van der Waals surface area contributed by atoms with Crippen molar-refractivity contribution in [2.45, 2.75) is 31.6 Å². The second kappa shape index (κ2) is 8.77. The van der Waals surface area contributed by atoms with E-state index in [-0.39, 0.29) is 11.9 Å². The molecule has 2 aromatic carbocycles. The number of hydrogen-bond acceptors (Lipinski definition) is 1. The molecule has 0 unspecified atom stereocenters. The zero-order chi connectivity index (χ0) is 15.8. The summed E-state index contributed by atoms with van der Waals surface area (Å²) in [5, 5.41) is 4.25. The van der Waals surface area contributed by atoms with Crippen molar-refractivity contribution in [1.29, 1.82) is 0 Å². The summed E-state index contributed by atoms with van der Waals surface area (Å²) in [7, 11) is 0. The summed E-state index contributed by atoms with van der Waals surface area (Å²) < 4.78 is 1.39. The Hall–Kier alpha value is -1.57. The fraction of sp³-hybridized carbons (Fsp3) is 0.316. The fourth-order valence-electron chi connectivity index (χ4n) is 2.31. The van der Waals surface area contributed by atoms with E-state index >= 15 is 0 Å². The van der Waals surface area contributed by atoms with Gasteiger partial charge < -0.3 is 0 Å². The summed E-state index contributed by atoms with van der Waals surface area (Å²) in [5.74, 6) is 0.614. The normalized spacial score (nSPS) is 12.1. The second-order valence-electron chi connectivity index (χ2n) is 5.79. The maximum absolute atomic E-state index is 12.3. The molecule has 2 aromatic rings. The first-order chi connectivity index (χ1) is 10.6. The van der Waals surface area contributed by atoms with Crippen LogP contribution in [0.2, 0.25) is 5.32 Å². The summed E-state index contributed by atoms with van der Waals surface area (Å²) in [4.78, 5) is 12.3. The van der Waals surface area contributed by atoms with Gasteiger partial charge in [-0.2, -0.15) is 0 Å². The first-order valence-electron chi connectivity index (χ1n) is 7.69.